The monoisotopic (exact) mass is 406 g/mol. The fourth-order valence-electron chi connectivity index (χ4n) is 3.47. The standard InChI is InChI=1S/C19H19ClN2O6/c1-26-15-9-13(16(22(24)25)18(28-3)17(15)27-2)19(23)21-14-7-4-10-8-11(20)5-6-12(10)14/h5-6,8-9,14H,4,7H2,1-3H3,(H,21,23). The van der Waals surface area contributed by atoms with Gasteiger partial charge < -0.3 is 19.5 Å². The van der Waals surface area contributed by atoms with Crippen LogP contribution in [0.1, 0.15) is 33.9 Å². The molecule has 0 radical (unpaired) electrons. The van der Waals surface area contributed by atoms with Crippen LogP contribution in [0.15, 0.2) is 24.3 Å². The Morgan fingerprint density at radius 3 is 2.50 bits per heavy atom. The van der Waals surface area contributed by atoms with E-state index in [1.165, 1.54) is 27.4 Å². The Labute approximate surface area is 166 Å². The predicted octanol–water partition coefficient (Wildman–Crippen LogP) is 3.69. The van der Waals surface area contributed by atoms with Crippen molar-refractivity contribution < 1.29 is 23.9 Å². The number of hydrogen-bond donors (Lipinski definition) is 1. The number of carbonyl (C=O) groups is 1. The highest BCUT2D eigenvalue weighted by Gasteiger charge is 2.34. The first-order chi connectivity index (χ1) is 13.4. The molecule has 2 aromatic rings. The predicted molar refractivity (Wildman–Crippen MR) is 103 cm³/mol. The summed E-state index contributed by atoms with van der Waals surface area (Å²) in [4.78, 5) is 24.0. The van der Waals surface area contributed by atoms with Gasteiger partial charge in [-0.05, 0) is 36.1 Å². The number of aryl methyl sites for hydroxylation is 1. The van der Waals surface area contributed by atoms with Gasteiger partial charge in [0.05, 0.1) is 32.3 Å². The maximum Gasteiger partial charge on any atom is 0.327 e. The number of halogens is 1. The molecule has 9 heteroatoms. The van der Waals surface area contributed by atoms with Gasteiger partial charge in [0.2, 0.25) is 11.5 Å². The van der Waals surface area contributed by atoms with Gasteiger partial charge in [-0.1, -0.05) is 17.7 Å². The summed E-state index contributed by atoms with van der Waals surface area (Å²) >= 11 is 6.02. The maximum absolute atomic E-state index is 12.9. The van der Waals surface area contributed by atoms with Crippen molar-refractivity contribution in [2.45, 2.75) is 18.9 Å². The minimum absolute atomic E-state index is 0.0501. The second-order valence-electron chi connectivity index (χ2n) is 6.21. The Hall–Kier alpha value is -3.00. The lowest BCUT2D eigenvalue weighted by molar-refractivity contribution is -0.386. The van der Waals surface area contributed by atoms with Crippen molar-refractivity contribution in [3.63, 3.8) is 0 Å². The number of fused-ring (bicyclic) bond motifs is 1. The molecular weight excluding hydrogens is 388 g/mol. The third-order valence-electron chi connectivity index (χ3n) is 4.72. The molecule has 0 bridgehead atoms. The van der Waals surface area contributed by atoms with Crippen LogP contribution in [0, 0.1) is 10.1 Å². The molecule has 1 aliphatic rings. The second kappa shape index (κ2) is 7.93. The van der Waals surface area contributed by atoms with E-state index >= 15 is 0 Å². The SMILES string of the molecule is COc1cc(C(=O)NC2CCc3cc(Cl)ccc32)c([N+](=O)[O-])c(OC)c1OC. The first-order valence-electron chi connectivity index (χ1n) is 8.47. The largest absolute Gasteiger partial charge is 0.493 e. The summed E-state index contributed by atoms with van der Waals surface area (Å²) in [5.41, 5.74) is 1.36. The van der Waals surface area contributed by atoms with Crippen molar-refractivity contribution in [2.75, 3.05) is 21.3 Å². The Kier molecular flexibility index (Phi) is 5.60. The number of hydrogen-bond acceptors (Lipinski definition) is 6. The van der Waals surface area contributed by atoms with E-state index < -0.39 is 16.5 Å². The van der Waals surface area contributed by atoms with Crippen LogP contribution in [0.4, 0.5) is 5.69 Å². The number of nitro groups is 1. The van der Waals surface area contributed by atoms with E-state index in [0.29, 0.717) is 11.4 Å². The first kappa shape index (κ1) is 19.8. The van der Waals surface area contributed by atoms with E-state index in [1.807, 2.05) is 12.1 Å². The molecule has 0 spiro atoms. The van der Waals surface area contributed by atoms with E-state index in [9.17, 15) is 14.9 Å². The van der Waals surface area contributed by atoms with Gasteiger partial charge in [0.1, 0.15) is 5.56 Å². The number of nitrogens with one attached hydrogen (secondary N) is 1. The van der Waals surface area contributed by atoms with Gasteiger partial charge >= 0.3 is 5.69 Å². The van der Waals surface area contributed by atoms with Gasteiger partial charge in [0.15, 0.2) is 5.75 Å². The molecule has 2 aromatic carbocycles. The number of nitrogens with zero attached hydrogens (tertiary/aromatic N) is 1. The van der Waals surface area contributed by atoms with Crippen molar-refractivity contribution >= 4 is 23.2 Å². The second-order valence-corrected chi connectivity index (χ2v) is 6.64. The molecule has 1 aliphatic carbocycles. The molecule has 0 saturated heterocycles. The molecule has 0 fully saturated rings. The van der Waals surface area contributed by atoms with Crippen LogP contribution in [-0.4, -0.2) is 32.2 Å². The van der Waals surface area contributed by atoms with Gasteiger partial charge in [-0.2, -0.15) is 0 Å². The summed E-state index contributed by atoms with van der Waals surface area (Å²) in [5, 5.41) is 15.2. The lowest BCUT2D eigenvalue weighted by Crippen LogP contribution is -2.28. The Morgan fingerprint density at radius 2 is 1.89 bits per heavy atom. The third kappa shape index (κ3) is 3.43. The van der Waals surface area contributed by atoms with Crippen LogP contribution in [0.5, 0.6) is 17.2 Å². The van der Waals surface area contributed by atoms with Crippen LogP contribution >= 0.6 is 11.6 Å². The molecule has 3 rings (SSSR count). The van der Waals surface area contributed by atoms with Crippen molar-refractivity contribution in [1.29, 1.82) is 0 Å². The molecule has 28 heavy (non-hydrogen) atoms. The van der Waals surface area contributed by atoms with Crippen LogP contribution in [-0.2, 0) is 6.42 Å². The van der Waals surface area contributed by atoms with E-state index in [-0.39, 0.29) is 28.9 Å². The molecule has 0 aliphatic heterocycles. The molecule has 1 atom stereocenters. The zero-order valence-corrected chi connectivity index (χ0v) is 16.3. The van der Waals surface area contributed by atoms with E-state index in [4.69, 9.17) is 25.8 Å². The molecule has 0 saturated carbocycles. The Morgan fingerprint density at radius 1 is 1.18 bits per heavy atom. The highest BCUT2D eigenvalue weighted by atomic mass is 35.5. The highest BCUT2D eigenvalue weighted by Crippen LogP contribution is 2.46. The average molecular weight is 407 g/mol. The van der Waals surface area contributed by atoms with Crippen LogP contribution in [0.2, 0.25) is 5.02 Å². The summed E-state index contributed by atoms with van der Waals surface area (Å²) in [6.45, 7) is 0. The fourth-order valence-corrected chi connectivity index (χ4v) is 3.66. The number of methoxy groups -OCH3 is 3. The molecule has 148 valence electrons. The molecule has 8 nitrogen and oxygen atoms in total. The summed E-state index contributed by atoms with van der Waals surface area (Å²) < 4.78 is 15.6. The molecule has 1 N–H and O–H groups in total. The Balaban J connectivity index is 2.01. The number of carbonyl (C=O) groups excluding carboxylic acids is 1. The van der Waals surface area contributed by atoms with Gasteiger partial charge in [-0.25, -0.2) is 0 Å². The maximum atomic E-state index is 12.9. The van der Waals surface area contributed by atoms with Crippen LogP contribution in [0.25, 0.3) is 0 Å². The third-order valence-corrected chi connectivity index (χ3v) is 4.95. The van der Waals surface area contributed by atoms with E-state index in [1.54, 1.807) is 6.07 Å². The highest BCUT2D eigenvalue weighted by molar-refractivity contribution is 6.30. The van der Waals surface area contributed by atoms with Crippen molar-refractivity contribution in [1.82, 2.24) is 5.32 Å². The number of amides is 1. The normalized spacial score (nSPS) is 14.9. The van der Waals surface area contributed by atoms with Gasteiger partial charge in [-0.15, -0.1) is 0 Å². The molecule has 0 aromatic heterocycles. The van der Waals surface area contributed by atoms with Crippen LogP contribution in [0.3, 0.4) is 0 Å². The molecule has 1 unspecified atom stereocenters. The summed E-state index contributed by atoms with van der Waals surface area (Å²) in [6.07, 6.45) is 1.44. The van der Waals surface area contributed by atoms with Crippen molar-refractivity contribution in [3.05, 3.63) is 56.1 Å². The Bertz CT molecular complexity index is 947. The molecular formula is C19H19ClN2O6. The number of benzene rings is 2. The number of ether oxygens (including phenoxy) is 3. The average Bonchev–Trinajstić information content (AvgIpc) is 3.07. The molecule has 1 amide bonds. The minimum Gasteiger partial charge on any atom is -0.493 e. The van der Waals surface area contributed by atoms with Crippen molar-refractivity contribution in [3.8, 4) is 17.2 Å². The number of nitro benzene ring substituents is 1. The fraction of sp³-hybridized carbons (Fsp3) is 0.316. The summed E-state index contributed by atoms with van der Waals surface area (Å²) in [5.74, 6) is -0.558. The van der Waals surface area contributed by atoms with E-state index in [0.717, 1.165) is 17.5 Å². The van der Waals surface area contributed by atoms with Gasteiger partial charge in [0, 0.05) is 11.1 Å². The first-order valence-corrected chi connectivity index (χ1v) is 8.85. The topological polar surface area (TPSA) is 99.9 Å². The van der Waals surface area contributed by atoms with Crippen molar-refractivity contribution in [2.24, 2.45) is 0 Å². The zero-order valence-electron chi connectivity index (χ0n) is 15.6. The quantitative estimate of drug-likeness (QED) is 0.580. The molecule has 0 heterocycles. The smallest absolute Gasteiger partial charge is 0.327 e. The van der Waals surface area contributed by atoms with Gasteiger partial charge in [0.25, 0.3) is 5.91 Å². The lowest BCUT2D eigenvalue weighted by atomic mass is 10.1. The lowest BCUT2D eigenvalue weighted by Gasteiger charge is -2.17. The number of rotatable bonds is 6. The summed E-state index contributed by atoms with van der Waals surface area (Å²) in [6, 6.07) is 6.50. The minimum atomic E-state index is -0.669. The van der Waals surface area contributed by atoms with E-state index in [2.05, 4.69) is 5.32 Å². The van der Waals surface area contributed by atoms with Crippen LogP contribution < -0.4 is 19.5 Å². The zero-order chi connectivity index (χ0) is 20.4. The van der Waals surface area contributed by atoms with Gasteiger partial charge in [-0.3, -0.25) is 14.9 Å². The summed E-state index contributed by atoms with van der Waals surface area (Å²) in [7, 11) is 3.98.